The normalized spacial score (nSPS) is 12.6. The molecule has 2 rings (SSSR count). The Morgan fingerprint density at radius 2 is 2.22 bits per heavy atom. The number of nitrogens with one attached hydrogen (secondary N) is 1. The Labute approximate surface area is 114 Å². The molecule has 0 fully saturated rings. The van der Waals surface area contributed by atoms with Gasteiger partial charge in [0, 0.05) is 18.1 Å². The molecule has 0 radical (unpaired) electrons. The van der Waals surface area contributed by atoms with Crippen LogP contribution in [0.25, 0.3) is 0 Å². The second-order valence-electron chi connectivity index (χ2n) is 3.94. The molecule has 96 valence electrons. The van der Waals surface area contributed by atoms with Crippen molar-refractivity contribution >= 4 is 22.9 Å². The molecule has 1 heterocycles. The van der Waals surface area contributed by atoms with Crippen LogP contribution in [-0.4, -0.2) is 11.7 Å². The second kappa shape index (κ2) is 6.29. The molecule has 0 aliphatic heterocycles. The smallest absolute Gasteiger partial charge is 0.124 e. The van der Waals surface area contributed by atoms with E-state index in [0.29, 0.717) is 18.1 Å². The van der Waals surface area contributed by atoms with E-state index >= 15 is 0 Å². The van der Waals surface area contributed by atoms with Gasteiger partial charge in [0.05, 0.1) is 6.10 Å². The molecule has 0 aliphatic rings. The molecule has 1 aromatic heterocycles. The third kappa shape index (κ3) is 3.53. The van der Waals surface area contributed by atoms with Crippen molar-refractivity contribution < 1.29 is 9.50 Å². The van der Waals surface area contributed by atoms with Gasteiger partial charge in [-0.1, -0.05) is 17.7 Å². The predicted octanol–water partition coefficient (Wildman–Crippen LogP) is 3.36. The molecular weight excluding hydrogens is 273 g/mol. The van der Waals surface area contributed by atoms with Gasteiger partial charge < -0.3 is 10.4 Å². The lowest BCUT2D eigenvalue weighted by Crippen LogP contribution is -2.20. The van der Waals surface area contributed by atoms with Gasteiger partial charge in [0.1, 0.15) is 5.82 Å². The quantitative estimate of drug-likeness (QED) is 0.883. The van der Waals surface area contributed by atoms with Gasteiger partial charge in [-0.3, -0.25) is 0 Å². The molecule has 0 aliphatic carbocycles. The van der Waals surface area contributed by atoms with Crippen LogP contribution in [0.15, 0.2) is 35.0 Å². The SMILES string of the molecule is OC(CNCc1ccc(F)cc1Cl)c1ccsc1. The average Bonchev–Trinajstić information content (AvgIpc) is 2.85. The van der Waals surface area contributed by atoms with E-state index < -0.39 is 6.10 Å². The maximum atomic E-state index is 12.8. The number of aliphatic hydroxyl groups excluding tert-OH is 1. The highest BCUT2D eigenvalue weighted by molar-refractivity contribution is 7.07. The van der Waals surface area contributed by atoms with Crippen LogP contribution < -0.4 is 5.32 Å². The summed E-state index contributed by atoms with van der Waals surface area (Å²) in [4.78, 5) is 0. The number of thiophene rings is 1. The van der Waals surface area contributed by atoms with Crippen LogP contribution in [0.4, 0.5) is 4.39 Å². The Kier molecular flexibility index (Phi) is 4.72. The molecule has 0 amide bonds. The average molecular weight is 286 g/mol. The monoisotopic (exact) mass is 285 g/mol. The zero-order valence-electron chi connectivity index (χ0n) is 9.57. The largest absolute Gasteiger partial charge is 0.387 e. The molecule has 0 spiro atoms. The van der Waals surface area contributed by atoms with E-state index in [2.05, 4.69) is 5.32 Å². The van der Waals surface area contributed by atoms with Crippen LogP contribution in [0.5, 0.6) is 0 Å². The molecule has 0 saturated carbocycles. The molecule has 1 aromatic carbocycles. The van der Waals surface area contributed by atoms with Crippen molar-refractivity contribution in [1.29, 1.82) is 0 Å². The molecule has 18 heavy (non-hydrogen) atoms. The van der Waals surface area contributed by atoms with Crippen molar-refractivity contribution in [1.82, 2.24) is 5.32 Å². The van der Waals surface area contributed by atoms with Gasteiger partial charge in [-0.2, -0.15) is 11.3 Å². The van der Waals surface area contributed by atoms with Gasteiger partial charge in [-0.15, -0.1) is 0 Å². The number of hydrogen-bond acceptors (Lipinski definition) is 3. The summed E-state index contributed by atoms with van der Waals surface area (Å²) < 4.78 is 12.8. The first-order valence-electron chi connectivity index (χ1n) is 5.51. The molecule has 2 aromatic rings. The summed E-state index contributed by atoms with van der Waals surface area (Å²) in [6.07, 6.45) is -0.532. The zero-order valence-corrected chi connectivity index (χ0v) is 11.1. The summed E-state index contributed by atoms with van der Waals surface area (Å²) in [7, 11) is 0. The Morgan fingerprint density at radius 1 is 1.39 bits per heavy atom. The minimum absolute atomic E-state index is 0.345. The van der Waals surface area contributed by atoms with Gasteiger partial charge in [0.2, 0.25) is 0 Å². The summed E-state index contributed by atoms with van der Waals surface area (Å²) in [5.41, 5.74) is 1.72. The van der Waals surface area contributed by atoms with E-state index in [1.165, 1.54) is 12.1 Å². The highest BCUT2D eigenvalue weighted by Crippen LogP contribution is 2.18. The Balaban J connectivity index is 1.85. The lowest BCUT2D eigenvalue weighted by molar-refractivity contribution is 0.175. The number of hydrogen-bond donors (Lipinski definition) is 2. The minimum atomic E-state index is -0.532. The summed E-state index contributed by atoms with van der Waals surface area (Å²) in [5, 5.41) is 17.2. The Bertz CT molecular complexity index is 504. The Hall–Kier alpha value is -0.940. The molecule has 2 N–H and O–H groups in total. The molecular formula is C13H13ClFNOS. The summed E-state index contributed by atoms with van der Waals surface area (Å²) >= 11 is 7.45. The van der Waals surface area contributed by atoms with Gasteiger partial charge in [0.25, 0.3) is 0 Å². The fourth-order valence-corrected chi connectivity index (χ4v) is 2.53. The molecule has 0 bridgehead atoms. The van der Waals surface area contributed by atoms with Crippen molar-refractivity contribution in [3.63, 3.8) is 0 Å². The molecule has 1 unspecified atom stereocenters. The van der Waals surface area contributed by atoms with Crippen LogP contribution in [0.2, 0.25) is 5.02 Å². The van der Waals surface area contributed by atoms with Crippen molar-refractivity contribution in [2.24, 2.45) is 0 Å². The third-order valence-electron chi connectivity index (χ3n) is 2.60. The maximum absolute atomic E-state index is 12.8. The van der Waals surface area contributed by atoms with Gasteiger partial charge in [-0.05, 0) is 40.1 Å². The van der Waals surface area contributed by atoms with Crippen LogP contribution >= 0.6 is 22.9 Å². The predicted molar refractivity (Wildman–Crippen MR) is 72.4 cm³/mol. The molecule has 2 nitrogen and oxygen atoms in total. The van der Waals surface area contributed by atoms with Crippen LogP contribution in [0.1, 0.15) is 17.2 Å². The van der Waals surface area contributed by atoms with E-state index in [1.807, 2.05) is 16.8 Å². The second-order valence-corrected chi connectivity index (χ2v) is 5.13. The number of rotatable bonds is 5. The van der Waals surface area contributed by atoms with Crippen LogP contribution in [0.3, 0.4) is 0 Å². The van der Waals surface area contributed by atoms with E-state index in [-0.39, 0.29) is 5.82 Å². The first-order valence-corrected chi connectivity index (χ1v) is 6.83. The summed E-state index contributed by atoms with van der Waals surface area (Å²) in [6.45, 7) is 0.935. The zero-order chi connectivity index (χ0) is 13.0. The topological polar surface area (TPSA) is 32.3 Å². The number of halogens is 2. The van der Waals surface area contributed by atoms with Crippen molar-refractivity contribution in [2.75, 3.05) is 6.54 Å². The fraction of sp³-hybridized carbons (Fsp3) is 0.231. The molecule has 0 saturated heterocycles. The first-order chi connectivity index (χ1) is 8.66. The van der Waals surface area contributed by atoms with E-state index in [1.54, 1.807) is 17.4 Å². The Morgan fingerprint density at radius 3 is 2.89 bits per heavy atom. The van der Waals surface area contributed by atoms with Crippen molar-refractivity contribution in [3.05, 3.63) is 57.0 Å². The standard InChI is InChI=1S/C13H13ClFNOS/c14-12-5-11(15)2-1-9(12)6-16-7-13(17)10-3-4-18-8-10/h1-5,8,13,16-17H,6-7H2. The number of benzene rings is 1. The summed E-state index contributed by atoms with van der Waals surface area (Å²) in [6, 6.07) is 6.19. The van der Waals surface area contributed by atoms with Gasteiger partial charge in [-0.25, -0.2) is 4.39 Å². The lowest BCUT2D eigenvalue weighted by Gasteiger charge is -2.11. The van der Waals surface area contributed by atoms with E-state index in [0.717, 1.165) is 11.1 Å². The highest BCUT2D eigenvalue weighted by atomic mass is 35.5. The number of aliphatic hydroxyl groups is 1. The fourth-order valence-electron chi connectivity index (χ4n) is 1.59. The van der Waals surface area contributed by atoms with E-state index in [4.69, 9.17) is 11.6 Å². The van der Waals surface area contributed by atoms with Gasteiger partial charge in [0.15, 0.2) is 0 Å². The van der Waals surface area contributed by atoms with Gasteiger partial charge >= 0.3 is 0 Å². The van der Waals surface area contributed by atoms with Crippen LogP contribution in [-0.2, 0) is 6.54 Å². The first kappa shape index (κ1) is 13.5. The summed E-state index contributed by atoms with van der Waals surface area (Å²) in [5.74, 6) is -0.345. The van der Waals surface area contributed by atoms with Crippen molar-refractivity contribution in [2.45, 2.75) is 12.6 Å². The maximum Gasteiger partial charge on any atom is 0.124 e. The lowest BCUT2D eigenvalue weighted by atomic mass is 10.2. The highest BCUT2D eigenvalue weighted by Gasteiger charge is 2.08. The van der Waals surface area contributed by atoms with Crippen LogP contribution in [0, 0.1) is 5.82 Å². The van der Waals surface area contributed by atoms with E-state index in [9.17, 15) is 9.50 Å². The van der Waals surface area contributed by atoms with Crippen molar-refractivity contribution in [3.8, 4) is 0 Å². The molecule has 1 atom stereocenters. The third-order valence-corrected chi connectivity index (χ3v) is 3.65. The molecule has 5 heteroatoms. The minimum Gasteiger partial charge on any atom is -0.387 e.